The molecule has 1 fully saturated rings. The smallest absolute Gasteiger partial charge is 0.246 e. The largest absolute Gasteiger partial charge is 0.377 e. The minimum atomic E-state index is -1.02. The molecule has 4 amide bonds. The minimum Gasteiger partial charge on any atom is -0.377 e. The molecule has 1 aliphatic rings. The number of amides is 4. The molecule has 0 aliphatic carbocycles. The highest BCUT2D eigenvalue weighted by atomic mass is 35.5. The molecule has 0 saturated carbocycles. The average molecular weight is 619 g/mol. The second-order valence-electron chi connectivity index (χ2n) is 9.54. The maximum absolute atomic E-state index is 13.6. The second kappa shape index (κ2) is 17.5. The number of ether oxygens (including phenoxy) is 2. The lowest BCUT2D eigenvalue weighted by Gasteiger charge is -2.24. The number of thioether (sulfide) groups is 1. The summed E-state index contributed by atoms with van der Waals surface area (Å²) in [4.78, 5) is 64.3. The molecule has 2 aromatic carbocycles. The van der Waals surface area contributed by atoms with Crippen molar-refractivity contribution in [1.29, 1.82) is 0 Å². The summed E-state index contributed by atoms with van der Waals surface area (Å²) in [5.74, 6) is -2.04. The molecule has 4 N–H and O–H groups in total. The van der Waals surface area contributed by atoms with Crippen LogP contribution in [0.5, 0.6) is 0 Å². The molecule has 3 rings (SSSR count). The third-order valence-electron chi connectivity index (χ3n) is 6.10. The van der Waals surface area contributed by atoms with Crippen LogP contribution in [0.1, 0.15) is 18.1 Å². The lowest BCUT2D eigenvalue weighted by Crippen LogP contribution is -2.53. The van der Waals surface area contributed by atoms with Crippen LogP contribution in [0.25, 0.3) is 0 Å². The van der Waals surface area contributed by atoms with Crippen LogP contribution in [0, 0.1) is 0 Å². The normalized spacial score (nSPS) is 22.0. The first-order valence-corrected chi connectivity index (χ1v) is 14.8. The molecule has 1 aliphatic heterocycles. The van der Waals surface area contributed by atoms with Gasteiger partial charge in [-0.1, -0.05) is 65.8 Å². The van der Waals surface area contributed by atoms with Gasteiger partial charge in [0.05, 0.1) is 19.8 Å². The molecular weight excluding hydrogens is 584 g/mol. The first-order valence-electron chi connectivity index (χ1n) is 13.5. The van der Waals surface area contributed by atoms with Crippen LogP contribution < -0.4 is 21.3 Å². The Bertz CT molecular complexity index is 1230. The number of carbonyl (C=O) groups excluding carboxylic acids is 5. The molecular formula is C29H35ClN4O7S. The summed E-state index contributed by atoms with van der Waals surface area (Å²) in [5.41, 5.74) is 1.51. The van der Waals surface area contributed by atoms with Crippen molar-refractivity contribution in [2.45, 2.75) is 37.9 Å². The Kier molecular flexibility index (Phi) is 13.8. The molecule has 42 heavy (non-hydrogen) atoms. The number of carbonyl (C=O) groups is 5. The maximum Gasteiger partial charge on any atom is 0.246 e. The van der Waals surface area contributed by atoms with Crippen LogP contribution >= 0.6 is 23.4 Å². The molecule has 0 radical (unpaired) electrons. The lowest BCUT2D eigenvalue weighted by atomic mass is 10.0. The summed E-state index contributed by atoms with van der Waals surface area (Å²) >= 11 is 6.97. The Hall–Kier alpha value is -3.45. The number of hydrogen-bond acceptors (Lipinski definition) is 8. The number of rotatable bonds is 5. The Morgan fingerprint density at radius 3 is 2.36 bits per heavy atom. The van der Waals surface area contributed by atoms with Gasteiger partial charge in [-0.25, -0.2) is 0 Å². The summed E-state index contributed by atoms with van der Waals surface area (Å²) in [6.07, 6.45) is 0.291. The number of hydrogen-bond donors (Lipinski definition) is 4. The topological polar surface area (TPSA) is 152 Å². The van der Waals surface area contributed by atoms with Crippen LogP contribution in [0.15, 0.2) is 54.6 Å². The van der Waals surface area contributed by atoms with E-state index in [4.69, 9.17) is 21.1 Å². The quantitative estimate of drug-likeness (QED) is 0.388. The van der Waals surface area contributed by atoms with Crippen LogP contribution in [0.4, 0.5) is 0 Å². The van der Waals surface area contributed by atoms with Gasteiger partial charge in [-0.2, -0.15) is 0 Å². The van der Waals surface area contributed by atoms with Gasteiger partial charge < -0.3 is 30.7 Å². The average Bonchev–Trinajstić information content (AvgIpc) is 2.95. The predicted octanol–water partition coefficient (Wildman–Crippen LogP) is 1.02. The van der Waals surface area contributed by atoms with Crippen molar-refractivity contribution in [3.63, 3.8) is 0 Å². The molecule has 1 heterocycles. The van der Waals surface area contributed by atoms with E-state index in [1.54, 1.807) is 24.3 Å². The lowest BCUT2D eigenvalue weighted by molar-refractivity contribution is -0.132. The molecule has 0 spiro atoms. The highest BCUT2D eigenvalue weighted by molar-refractivity contribution is 8.13. The summed E-state index contributed by atoms with van der Waals surface area (Å²) in [7, 11) is 0. The Morgan fingerprint density at radius 1 is 0.905 bits per heavy atom. The van der Waals surface area contributed by atoms with Gasteiger partial charge in [-0.05, 0) is 23.3 Å². The predicted molar refractivity (Wildman–Crippen MR) is 159 cm³/mol. The zero-order valence-electron chi connectivity index (χ0n) is 23.2. The third-order valence-corrected chi connectivity index (χ3v) is 7.41. The van der Waals surface area contributed by atoms with Crippen molar-refractivity contribution in [2.75, 3.05) is 38.7 Å². The number of halogens is 1. The van der Waals surface area contributed by atoms with Crippen LogP contribution in [-0.2, 0) is 46.3 Å². The van der Waals surface area contributed by atoms with Crippen molar-refractivity contribution in [3.8, 4) is 0 Å². The van der Waals surface area contributed by atoms with Crippen LogP contribution in [0.3, 0.4) is 0 Å². The minimum absolute atomic E-state index is 0.0644. The SMILES string of the molecule is CC(=O)N[C@H]1CSC(=O)[C@H](Cc2cccc(Cl)c2)NC(=O)[C@H](Cc2ccccc2)NC(=O)COCCOCCNC1=O. The fourth-order valence-corrected chi connectivity index (χ4v) is 5.23. The number of benzene rings is 2. The Labute approximate surface area is 253 Å². The van der Waals surface area contributed by atoms with Crippen molar-refractivity contribution in [3.05, 3.63) is 70.7 Å². The highest BCUT2D eigenvalue weighted by Gasteiger charge is 2.29. The fourth-order valence-electron chi connectivity index (χ4n) is 4.11. The first kappa shape index (κ1) is 33.1. The first-order chi connectivity index (χ1) is 20.2. The molecule has 226 valence electrons. The van der Waals surface area contributed by atoms with Gasteiger partial charge in [0.2, 0.25) is 28.7 Å². The zero-order chi connectivity index (χ0) is 30.3. The van der Waals surface area contributed by atoms with E-state index in [0.29, 0.717) is 10.6 Å². The number of nitrogens with one attached hydrogen (secondary N) is 4. The Morgan fingerprint density at radius 2 is 1.62 bits per heavy atom. The summed E-state index contributed by atoms with van der Waals surface area (Å²) in [6, 6.07) is 13.0. The molecule has 0 aromatic heterocycles. The van der Waals surface area contributed by atoms with Gasteiger partial charge in [0.1, 0.15) is 24.7 Å². The van der Waals surface area contributed by atoms with E-state index in [1.165, 1.54) is 6.92 Å². The molecule has 1 saturated heterocycles. The van der Waals surface area contributed by atoms with Crippen molar-refractivity contribution >= 4 is 52.1 Å². The van der Waals surface area contributed by atoms with E-state index in [1.807, 2.05) is 30.3 Å². The monoisotopic (exact) mass is 618 g/mol. The van der Waals surface area contributed by atoms with E-state index in [2.05, 4.69) is 21.3 Å². The molecule has 13 heteroatoms. The van der Waals surface area contributed by atoms with E-state index in [9.17, 15) is 24.0 Å². The van der Waals surface area contributed by atoms with Gasteiger partial charge in [-0.15, -0.1) is 0 Å². The standard InChI is InChI=1S/C29H35ClN4O7S/c1-19(35)32-25-18-42-29(39)24(16-21-8-5-9-22(30)14-21)34-28(38)23(15-20-6-3-2-4-7-20)33-26(36)17-41-13-12-40-11-10-31-27(25)37/h2-9,14,23-25H,10-13,15-18H2,1H3,(H,31,37)(H,32,35)(H,33,36)(H,34,38)/t23-,24-,25-/m0/s1. The van der Waals surface area contributed by atoms with Gasteiger partial charge in [0.25, 0.3) is 0 Å². The third kappa shape index (κ3) is 11.8. The summed E-state index contributed by atoms with van der Waals surface area (Å²) < 4.78 is 10.8. The van der Waals surface area contributed by atoms with Crippen LogP contribution in [0.2, 0.25) is 5.02 Å². The van der Waals surface area contributed by atoms with E-state index in [0.717, 1.165) is 17.3 Å². The van der Waals surface area contributed by atoms with Gasteiger partial charge in [0.15, 0.2) is 0 Å². The van der Waals surface area contributed by atoms with Crippen molar-refractivity contribution in [1.82, 2.24) is 21.3 Å². The van der Waals surface area contributed by atoms with E-state index in [-0.39, 0.29) is 51.6 Å². The summed E-state index contributed by atoms with van der Waals surface area (Å²) in [5, 5.41) is 10.8. The van der Waals surface area contributed by atoms with E-state index >= 15 is 0 Å². The molecule has 2 aromatic rings. The van der Waals surface area contributed by atoms with Crippen molar-refractivity contribution in [2.24, 2.45) is 0 Å². The van der Waals surface area contributed by atoms with Crippen molar-refractivity contribution < 1.29 is 33.4 Å². The van der Waals surface area contributed by atoms with Gasteiger partial charge >= 0.3 is 0 Å². The molecule has 0 unspecified atom stereocenters. The molecule has 11 nitrogen and oxygen atoms in total. The second-order valence-corrected chi connectivity index (χ2v) is 11.0. The Balaban J connectivity index is 1.87. The molecule has 0 bridgehead atoms. The zero-order valence-corrected chi connectivity index (χ0v) is 24.8. The summed E-state index contributed by atoms with van der Waals surface area (Å²) in [6.45, 7) is 1.64. The van der Waals surface area contributed by atoms with Gasteiger partial charge in [-0.3, -0.25) is 24.0 Å². The van der Waals surface area contributed by atoms with E-state index < -0.39 is 46.9 Å². The van der Waals surface area contributed by atoms with Gasteiger partial charge in [0, 0.05) is 37.1 Å². The fraction of sp³-hybridized carbons (Fsp3) is 0.414. The molecule has 3 atom stereocenters. The highest BCUT2D eigenvalue weighted by Crippen LogP contribution is 2.17. The van der Waals surface area contributed by atoms with Crippen LogP contribution in [-0.4, -0.2) is 85.6 Å². The maximum atomic E-state index is 13.6.